The molecule has 0 spiro atoms. The van der Waals surface area contributed by atoms with Gasteiger partial charge in [-0.2, -0.15) is 10.4 Å². The van der Waals surface area contributed by atoms with Crippen LogP contribution in [0.25, 0.3) is 5.69 Å². The van der Waals surface area contributed by atoms with Crippen LogP contribution in [-0.4, -0.2) is 14.7 Å². The van der Waals surface area contributed by atoms with Gasteiger partial charge in [0.25, 0.3) is 5.69 Å². The number of hydrogen-bond acceptors (Lipinski definition) is 5. The number of nitriles is 1. The second-order valence-electron chi connectivity index (χ2n) is 5.85. The summed E-state index contributed by atoms with van der Waals surface area (Å²) in [6.07, 6.45) is 0. The highest BCUT2D eigenvalue weighted by atomic mass is 16.6. The Morgan fingerprint density at radius 3 is 2.62 bits per heavy atom. The fourth-order valence-electron chi connectivity index (χ4n) is 2.84. The fourth-order valence-corrected chi connectivity index (χ4v) is 2.84. The van der Waals surface area contributed by atoms with E-state index in [2.05, 4.69) is 10.4 Å². The Bertz CT molecular complexity index is 1000. The van der Waals surface area contributed by atoms with Crippen molar-refractivity contribution in [2.45, 2.75) is 20.4 Å². The molecule has 1 aromatic heterocycles. The van der Waals surface area contributed by atoms with Crippen LogP contribution >= 0.6 is 0 Å². The van der Waals surface area contributed by atoms with Gasteiger partial charge in [-0.15, -0.1) is 0 Å². The third kappa shape index (κ3) is 3.26. The van der Waals surface area contributed by atoms with Crippen LogP contribution in [-0.2, 0) is 6.54 Å². The van der Waals surface area contributed by atoms with E-state index in [4.69, 9.17) is 5.26 Å². The Morgan fingerprint density at radius 1 is 1.23 bits per heavy atom. The summed E-state index contributed by atoms with van der Waals surface area (Å²) in [6.45, 7) is 4.24. The number of rotatable bonds is 5. The molecule has 0 aliphatic heterocycles. The first kappa shape index (κ1) is 17.2. The predicted octanol–water partition coefficient (Wildman–Crippen LogP) is 3.88. The highest BCUT2D eigenvalue weighted by Crippen LogP contribution is 2.27. The topological polar surface area (TPSA) is 96.8 Å². The summed E-state index contributed by atoms with van der Waals surface area (Å²) in [4.78, 5) is 10.8. The van der Waals surface area contributed by atoms with Crippen molar-refractivity contribution in [3.8, 4) is 11.8 Å². The van der Waals surface area contributed by atoms with Gasteiger partial charge in [-0.3, -0.25) is 10.1 Å². The minimum Gasteiger partial charge on any atom is -0.375 e. The van der Waals surface area contributed by atoms with Crippen molar-refractivity contribution in [1.29, 1.82) is 5.26 Å². The van der Waals surface area contributed by atoms with Crippen molar-refractivity contribution >= 4 is 11.4 Å². The largest absolute Gasteiger partial charge is 0.375 e. The zero-order valence-corrected chi connectivity index (χ0v) is 14.4. The maximum Gasteiger partial charge on any atom is 0.292 e. The number of nitro benzene ring substituents is 1. The molecule has 0 bridgehead atoms. The smallest absolute Gasteiger partial charge is 0.292 e. The fraction of sp³-hybridized carbons (Fsp3) is 0.158. The van der Waals surface area contributed by atoms with Gasteiger partial charge in [0.2, 0.25) is 0 Å². The van der Waals surface area contributed by atoms with Crippen LogP contribution in [0.4, 0.5) is 11.4 Å². The normalized spacial score (nSPS) is 10.3. The van der Waals surface area contributed by atoms with Gasteiger partial charge in [0.1, 0.15) is 5.69 Å². The van der Waals surface area contributed by atoms with Crippen molar-refractivity contribution in [3.05, 3.63) is 81.2 Å². The van der Waals surface area contributed by atoms with E-state index in [-0.39, 0.29) is 5.69 Å². The van der Waals surface area contributed by atoms with E-state index in [1.807, 2.05) is 54.9 Å². The number of benzene rings is 2. The van der Waals surface area contributed by atoms with E-state index in [9.17, 15) is 10.1 Å². The number of anilines is 1. The summed E-state index contributed by atoms with van der Waals surface area (Å²) in [7, 11) is 0. The summed E-state index contributed by atoms with van der Waals surface area (Å²) in [6, 6.07) is 16.0. The zero-order chi connectivity index (χ0) is 18.7. The number of nitrogens with one attached hydrogen (secondary N) is 1. The maximum absolute atomic E-state index is 11.2. The summed E-state index contributed by atoms with van der Waals surface area (Å²) in [5, 5.41) is 27.9. The van der Waals surface area contributed by atoms with E-state index in [0.29, 0.717) is 17.8 Å². The molecule has 0 radical (unpaired) electrons. The number of aromatic nitrogens is 2. The molecule has 0 unspecified atom stereocenters. The number of nitro groups is 1. The minimum atomic E-state index is -0.462. The molecule has 26 heavy (non-hydrogen) atoms. The standard InChI is InChI=1S/C19H17N5O2/c1-13-17(14(2)23(22-13)16-6-4-3-5-7-16)12-21-18-10-15(11-20)8-9-19(18)24(25)26/h3-10,21H,12H2,1-2H3. The molecule has 0 aliphatic carbocycles. The molecule has 1 heterocycles. The Kier molecular flexibility index (Phi) is 4.67. The Balaban J connectivity index is 1.91. The average molecular weight is 347 g/mol. The first-order valence-corrected chi connectivity index (χ1v) is 8.04. The predicted molar refractivity (Wildman–Crippen MR) is 98.2 cm³/mol. The van der Waals surface area contributed by atoms with Crippen molar-refractivity contribution in [2.75, 3.05) is 5.32 Å². The molecule has 0 amide bonds. The molecule has 7 heteroatoms. The number of aryl methyl sites for hydroxylation is 1. The Hall–Kier alpha value is -3.66. The first-order chi connectivity index (χ1) is 12.5. The monoisotopic (exact) mass is 347 g/mol. The number of hydrogen-bond donors (Lipinski definition) is 1. The van der Waals surface area contributed by atoms with Crippen LogP contribution in [0.15, 0.2) is 48.5 Å². The Morgan fingerprint density at radius 2 is 1.96 bits per heavy atom. The lowest BCUT2D eigenvalue weighted by molar-refractivity contribution is -0.384. The van der Waals surface area contributed by atoms with E-state index in [1.165, 1.54) is 18.2 Å². The zero-order valence-electron chi connectivity index (χ0n) is 14.4. The lowest BCUT2D eigenvalue weighted by atomic mass is 10.1. The molecule has 7 nitrogen and oxygen atoms in total. The molecule has 0 aliphatic rings. The highest BCUT2D eigenvalue weighted by molar-refractivity contribution is 5.64. The van der Waals surface area contributed by atoms with Gasteiger partial charge in [0, 0.05) is 23.9 Å². The summed E-state index contributed by atoms with van der Waals surface area (Å²) in [5.74, 6) is 0. The van der Waals surface area contributed by atoms with Crippen LogP contribution < -0.4 is 5.32 Å². The molecule has 0 atom stereocenters. The lowest BCUT2D eigenvalue weighted by Gasteiger charge is -2.09. The molecular weight excluding hydrogens is 330 g/mol. The van der Waals surface area contributed by atoms with Gasteiger partial charge in [-0.25, -0.2) is 4.68 Å². The SMILES string of the molecule is Cc1nn(-c2ccccc2)c(C)c1CNc1cc(C#N)ccc1[N+](=O)[O-]. The van der Waals surface area contributed by atoms with Crippen molar-refractivity contribution in [3.63, 3.8) is 0 Å². The van der Waals surface area contributed by atoms with Crippen LogP contribution in [0.5, 0.6) is 0 Å². The molecule has 3 aromatic rings. The van der Waals surface area contributed by atoms with Gasteiger partial charge in [0.15, 0.2) is 0 Å². The minimum absolute atomic E-state index is 0.0604. The second kappa shape index (κ2) is 7.07. The van der Waals surface area contributed by atoms with Crippen molar-refractivity contribution < 1.29 is 4.92 Å². The highest BCUT2D eigenvalue weighted by Gasteiger charge is 2.17. The van der Waals surface area contributed by atoms with Gasteiger partial charge < -0.3 is 5.32 Å². The van der Waals surface area contributed by atoms with Crippen LogP contribution in [0.2, 0.25) is 0 Å². The summed E-state index contributed by atoms with van der Waals surface area (Å²) in [5.41, 5.74) is 4.35. The Labute approximate surface area is 150 Å². The van der Waals surface area contributed by atoms with E-state index in [1.54, 1.807) is 0 Å². The van der Waals surface area contributed by atoms with Gasteiger partial charge >= 0.3 is 0 Å². The van der Waals surface area contributed by atoms with E-state index < -0.39 is 4.92 Å². The van der Waals surface area contributed by atoms with Crippen LogP contribution in [0, 0.1) is 35.3 Å². The maximum atomic E-state index is 11.2. The first-order valence-electron chi connectivity index (χ1n) is 8.04. The van der Waals surface area contributed by atoms with Crippen molar-refractivity contribution in [1.82, 2.24) is 9.78 Å². The van der Waals surface area contributed by atoms with Crippen LogP contribution in [0.3, 0.4) is 0 Å². The quantitative estimate of drug-likeness (QED) is 0.558. The van der Waals surface area contributed by atoms with Crippen LogP contribution in [0.1, 0.15) is 22.5 Å². The van der Waals surface area contributed by atoms with E-state index in [0.717, 1.165) is 22.6 Å². The molecule has 1 N–H and O–H groups in total. The molecular formula is C19H17N5O2. The number of nitrogens with zero attached hydrogens (tertiary/aromatic N) is 4. The molecule has 0 saturated carbocycles. The third-order valence-corrected chi connectivity index (χ3v) is 4.22. The molecule has 0 fully saturated rings. The van der Waals surface area contributed by atoms with Gasteiger partial charge in [0.05, 0.1) is 27.9 Å². The molecule has 130 valence electrons. The lowest BCUT2D eigenvalue weighted by Crippen LogP contribution is -2.05. The number of para-hydroxylation sites is 1. The molecule has 2 aromatic carbocycles. The van der Waals surface area contributed by atoms with Gasteiger partial charge in [-0.1, -0.05) is 18.2 Å². The average Bonchev–Trinajstić information content (AvgIpc) is 2.94. The third-order valence-electron chi connectivity index (χ3n) is 4.22. The molecule has 0 saturated heterocycles. The van der Waals surface area contributed by atoms with E-state index >= 15 is 0 Å². The van der Waals surface area contributed by atoms with Gasteiger partial charge in [-0.05, 0) is 38.1 Å². The second-order valence-corrected chi connectivity index (χ2v) is 5.85. The molecule has 3 rings (SSSR count). The summed E-state index contributed by atoms with van der Waals surface area (Å²) >= 11 is 0. The summed E-state index contributed by atoms with van der Waals surface area (Å²) < 4.78 is 1.85. The van der Waals surface area contributed by atoms with Crippen molar-refractivity contribution in [2.24, 2.45) is 0 Å².